The zero-order chi connectivity index (χ0) is 14.4. The SMILES string of the molecule is CC1C(O)N(c2cc(C(F)(F)F)ccn2)C(O)N1C. The van der Waals surface area contributed by atoms with Crippen LogP contribution in [0.2, 0.25) is 0 Å². The Balaban J connectivity index is 2.37. The Labute approximate surface area is 107 Å². The molecule has 8 heteroatoms. The number of alkyl halides is 3. The summed E-state index contributed by atoms with van der Waals surface area (Å²) < 4.78 is 37.9. The van der Waals surface area contributed by atoms with E-state index in [9.17, 15) is 23.4 Å². The molecule has 0 aromatic carbocycles. The molecular formula is C11H14F3N3O2. The summed E-state index contributed by atoms with van der Waals surface area (Å²) >= 11 is 0. The number of pyridine rings is 1. The molecule has 0 saturated carbocycles. The minimum absolute atomic E-state index is 0.119. The van der Waals surface area contributed by atoms with E-state index in [-0.39, 0.29) is 5.82 Å². The summed E-state index contributed by atoms with van der Waals surface area (Å²) in [5.41, 5.74) is -0.876. The second-order valence-corrected chi connectivity index (χ2v) is 4.47. The maximum Gasteiger partial charge on any atom is 0.416 e. The number of anilines is 1. The van der Waals surface area contributed by atoms with Gasteiger partial charge in [0.05, 0.1) is 11.6 Å². The maximum atomic E-state index is 12.6. The van der Waals surface area contributed by atoms with Crippen molar-refractivity contribution < 1.29 is 23.4 Å². The molecule has 0 aliphatic carbocycles. The van der Waals surface area contributed by atoms with E-state index < -0.39 is 30.4 Å². The first-order chi connectivity index (χ1) is 8.73. The van der Waals surface area contributed by atoms with Gasteiger partial charge in [-0.2, -0.15) is 13.2 Å². The largest absolute Gasteiger partial charge is 0.416 e. The van der Waals surface area contributed by atoms with E-state index >= 15 is 0 Å². The van der Waals surface area contributed by atoms with Crippen LogP contribution in [-0.2, 0) is 6.18 Å². The van der Waals surface area contributed by atoms with E-state index in [4.69, 9.17) is 0 Å². The van der Waals surface area contributed by atoms with Crippen molar-refractivity contribution in [1.29, 1.82) is 0 Å². The van der Waals surface area contributed by atoms with Gasteiger partial charge in [-0.05, 0) is 26.1 Å². The molecule has 0 spiro atoms. The van der Waals surface area contributed by atoms with Crippen molar-refractivity contribution in [3.8, 4) is 0 Å². The van der Waals surface area contributed by atoms with Crippen LogP contribution in [0.3, 0.4) is 0 Å². The van der Waals surface area contributed by atoms with Gasteiger partial charge in [0.2, 0.25) is 0 Å². The van der Waals surface area contributed by atoms with Crippen molar-refractivity contribution in [2.75, 3.05) is 11.9 Å². The van der Waals surface area contributed by atoms with E-state index in [2.05, 4.69) is 4.98 Å². The first kappa shape index (κ1) is 14.0. The summed E-state index contributed by atoms with van der Waals surface area (Å²) in [5.74, 6) is -0.119. The van der Waals surface area contributed by atoms with E-state index in [0.717, 1.165) is 23.2 Å². The zero-order valence-electron chi connectivity index (χ0n) is 10.3. The van der Waals surface area contributed by atoms with Gasteiger partial charge in [0.25, 0.3) is 0 Å². The van der Waals surface area contributed by atoms with Gasteiger partial charge in [-0.25, -0.2) is 4.98 Å². The summed E-state index contributed by atoms with van der Waals surface area (Å²) in [6.45, 7) is 1.65. The van der Waals surface area contributed by atoms with Gasteiger partial charge in [-0.3, -0.25) is 9.80 Å². The van der Waals surface area contributed by atoms with Gasteiger partial charge in [0.1, 0.15) is 12.0 Å². The summed E-state index contributed by atoms with van der Waals surface area (Å²) in [7, 11) is 1.56. The van der Waals surface area contributed by atoms with Gasteiger partial charge >= 0.3 is 6.18 Å². The molecule has 5 nitrogen and oxygen atoms in total. The van der Waals surface area contributed by atoms with Gasteiger partial charge in [-0.15, -0.1) is 0 Å². The lowest BCUT2D eigenvalue weighted by Crippen LogP contribution is -2.40. The Morgan fingerprint density at radius 3 is 2.42 bits per heavy atom. The molecule has 2 rings (SSSR count). The highest BCUT2D eigenvalue weighted by Crippen LogP contribution is 2.33. The Bertz CT molecular complexity index is 455. The number of rotatable bonds is 1. The third-order valence-corrected chi connectivity index (χ3v) is 3.31. The lowest BCUT2D eigenvalue weighted by molar-refractivity contribution is -0.137. The first-order valence-electron chi connectivity index (χ1n) is 5.63. The Kier molecular flexibility index (Phi) is 3.41. The Morgan fingerprint density at radius 2 is 1.95 bits per heavy atom. The molecular weight excluding hydrogens is 263 g/mol. The van der Waals surface area contributed by atoms with Crippen molar-refractivity contribution >= 4 is 5.82 Å². The van der Waals surface area contributed by atoms with Crippen molar-refractivity contribution in [3.05, 3.63) is 23.9 Å². The predicted molar refractivity (Wildman–Crippen MR) is 61.0 cm³/mol. The highest BCUT2D eigenvalue weighted by molar-refractivity contribution is 5.44. The topological polar surface area (TPSA) is 59.8 Å². The predicted octanol–water partition coefficient (Wildman–Crippen LogP) is 0.835. The molecule has 0 radical (unpaired) electrons. The number of aliphatic hydroxyl groups is 2. The lowest BCUT2D eigenvalue weighted by Gasteiger charge is -2.26. The van der Waals surface area contributed by atoms with E-state index in [1.807, 2.05) is 0 Å². The lowest BCUT2D eigenvalue weighted by atomic mass is 10.2. The van der Waals surface area contributed by atoms with Crippen molar-refractivity contribution in [2.24, 2.45) is 0 Å². The Hall–Kier alpha value is -1.38. The molecule has 106 valence electrons. The second kappa shape index (κ2) is 4.62. The number of halogens is 3. The third-order valence-electron chi connectivity index (χ3n) is 3.31. The van der Waals surface area contributed by atoms with Crippen LogP contribution in [0.25, 0.3) is 0 Å². The number of aromatic nitrogens is 1. The van der Waals surface area contributed by atoms with Gasteiger partial charge in [0, 0.05) is 6.20 Å². The summed E-state index contributed by atoms with van der Waals surface area (Å²) in [6.07, 6.45) is -5.84. The molecule has 19 heavy (non-hydrogen) atoms. The second-order valence-electron chi connectivity index (χ2n) is 4.47. The number of likely N-dealkylation sites (N-methyl/N-ethyl adjacent to an activating group) is 1. The van der Waals surface area contributed by atoms with Crippen molar-refractivity contribution in [2.45, 2.75) is 31.7 Å². The minimum Gasteiger partial charge on any atom is -0.372 e. The molecule has 0 amide bonds. The normalized spacial score (nSPS) is 29.0. The highest BCUT2D eigenvalue weighted by atomic mass is 19.4. The highest BCUT2D eigenvalue weighted by Gasteiger charge is 2.42. The number of hydrogen-bond acceptors (Lipinski definition) is 5. The van der Waals surface area contributed by atoms with Crippen LogP contribution in [-0.4, -0.2) is 45.8 Å². The van der Waals surface area contributed by atoms with Crippen LogP contribution in [0.1, 0.15) is 12.5 Å². The summed E-state index contributed by atoms with van der Waals surface area (Å²) in [6, 6.07) is 1.22. The number of aliphatic hydroxyl groups excluding tert-OH is 2. The fourth-order valence-corrected chi connectivity index (χ4v) is 1.98. The summed E-state index contributed by atoms with van der Waals surface area (Å²) in [5, 5.41) is 19.9. The standard InChI is InChI=1S/C11H14F3N3O2/c1-6-9(18)17(10(19)16(6)2)8-5-7(3-4-15-8)11(12,13)14/h3-6,9-10,18-19H,1-2H3. The van der Waals surface area contributed by atoms with Gasteiger partial charge in [-0.1, -0.05) is 0 Å². The van der Waals surface area contributed by atoms with Crippen LogP contribution < -0.4 is 4.90 Å². The minimum atomic E-state index is -4.50. The van der Waals surface area contributed by atoms with E-state index in [1.54, 1.807) is 14.0 Å². The Morgan fingerprint density at radius 1 is 1.32 bits per heavy atom. The molecule has 1 saturated heterocycles. The van der Waals surface area contributed by atoms with Crippen LogP contribution in [0.4, 0.5) is 19.0 Å². The zero-order valence-corrected chi connectivity index (χ0v) is 10.3. The molecule has 2 heterocycles. The monoisotopic (exact) mass is 277 g/mol. The van der Waals surface area contributed by atoms with Crippen LogP contribution in [0, 0.1) is 0 Å². The number of nitrogens with zero attached hydrogens (tertiary/aromatic N) is 3. The maximum absolute atomic E-state index is 12.6. The van der Waals surface area contributed by atoms with Gasteiger partial charge < -0.3 is 10.2 Å². The molecule has 1 aromatic rings. The van der Waals surface area contributed by atoms with Crippen LogP contribution in [0.5, 0.6) is 0 Å². The fourth-order valence-electron chi connectivity index (χ4n) is 1.98. The first-order valence-corrected chi connectivity index (χ1v) is 5.63. The molecule has 1 fully saturated rings. The van der Waals surface area contributed by atoms with Gasteiger partial charge in [0.15, 0.2) is 6.35 Å². The quantitative estimate of drug-likeness (QED) is 0.796. The third kappa shape index (κ3) is 2.38. The average Bonchev–Trinajstić information content (AvgIpc) is 2.53. The molecule has 3 unspecified atom stereocenters. The molecule has 3 atom stereocenters. The molecule has 0 bridgehead atoms. The summed E-state index contributed by atoms with van der Waals surface area (Å²) in [4.78, 5) is 6.26. The average molecular weight is 277 g/mol. The van der Waals surface area contributed by atoms with E-state index in [0.29, 0.717) is 0 Å². The van der Waals surface area contributed by atoms with Crippen LogP contribution >= 0.6 is 0 Å². The van der Waals surface area contributed by atoms with Crippen molar-refractivity contribution in [3.63, 3.8) is 0 Å². The fraction of sp³-hybridized carbons (Fsp3) is 0.545. The number of hydrogen-bond donors (Lipinski definition) is 2. The molecule has 1 aliphatic heterocycles. The van der Waals surface area contributed by atoms with Crippen LogP contribution in [0.15, 0.2) is 18.3 Å². The molecule has 2 N–H and O–H groups in total. The molecule has 1 aliphatic rings. The molecule has 1 aromatic heterocycles. The van der Waals surface area contributed by atoms with Crippen molar-refractivity contribution in [1.82, 2.24) is 9.88 Å². The smallest absolute Gasteiger partial charge is 0.372 e. The van der Waals surface area contributed by atoms with E-state index in [1.165, 1.54) is 4.90 Å².